The molecule has 94 valence electrons. The Hall–Kier alpha value is -2.10. The monoisotopic (exact) mass is 244 g/mol. The van der Waals surface area contributed by atoms with Crippen LogP contribution in [0.3, 0.4) is 0 Å². The third kappa shape index (κ3) is 2.77. The van der Waals surface area contributed by atoms with Crippen LogP contribution in [-0.4, -0.2) is 21.0 Å². The Bertz CT molecular complexity index is 573. The van der Waals surface area contributed by atoms with Crippen LogP contribution in [0.2, 0.25) is 0 Å². The second-order valence-electron chi connectivity index (χ2n) is 4.46. The quantitative estimate of drug-likeness (QED) is 0.869. The average Bonchev–Trinajstić information content (AvgIpc) is 2.75. The van der Waals surface area contributed by atoms with E-state index in [0.717, 1.165) is 11.3 Å². The number of carboxylic acids is 1. The first kappa shape index (κ1) is 12.4. The summed E-state index contributed by atoms with van der Waals surface area (Å²) in [5.41, 5.74) is 4.45. The van der Waals surface area contributed by atoms with Gasteiger partial charge in [-0.1, -0.05) is 23.8 Å². The first-order valence-corrected chi connectivity index (χ1v) is 5.89. The van der Waals surface area contributed by atoms with Gasteiger partial charge >= 0.3 is 5.97 Å². The summed E-state index contributed by atoms with van der Waals surface area (Å²) < 4.78 is 0. The molecule has 0 spiro atoms. The van der Waals surface area contributed by atoms with Gasteiger partial charge in [0.2, 0.25) is 0 Å². The van der Waals surface area contributed by atoms with Gasteiger partial charge in [-0.05, 0) is 19.4 Å². The average molecular weight is 244 g/mol. The lowest BCUT2D eigenvalue weighted by Gasteiger charge is -2.04. The van der Waals surface area contributed by atoms with Gasteiger partial charge in [0.05, 0.1) is 18.3 Å². The lowest BCUT2D eigenvalue weighted by molar-refractivity contribution is -0.137. The van der Waals surface area contributed by atoms with Crippen LogP contribution < -0.4 is 0 Å². The van der Waals surface area contributed by atoms with Crippen LogP contribution in [0.15, 0.2) is 24.4 Å². The summed E-state index contributed by atoms with van der Waals surface area (Å²) >= 11 is 0. The van der Waals surface area contributed by atoms with Crippen molar-refractivity contribution in [2.45, 2.75) is 26.7 Å². The van der Waals surface area contributed by atoms with Crippen molar-refractivity contribution in [1.29, 1.82) is 0 Å². The number of aryl methyl sites for hydroxylation is 3. The summed E-state index contributed by atoms with van der Waals surface area (Å²) in [6.07, 6.45) is 2.29. The molecule has 0 unspecified atom stereocenters. The highest BCUT2D eigenvalue weighted by Gasteiger charge is 2.07. The molecule has 1 heterocycles. The van der Waals surface area contributed by atoms with E-state index in [0.29, 0.717) is 12.2 Å². The van der Waals surface area contributed by atoms with Gasteiger partial charge in [0.15, 0.2) is 0 Å². The minimum absolute atomic E-state index is 0.0971. The van der Waals surface area contributed by atoms with E-state index in [2.05, 4.69) is 42.0 Å². The highest BCUT2D eigenvalue weighted by molar-refractivity contribution is 5.67. The number of hydrogen-bond acceptors (Lipinski definition) is 2. The third-order valence-corrected chi connectivity index (χ3v) is 2.88. The molecule has 0 fully saturated rings. The number of nitrogens with zero attached hydrogens (tertiary/aromatic N) is 1. The zero-order chi connectivity index (χ0) is 13.1. The summed E-state index contributed by atoms with van der Waals surface area (Å²) in [4.78, 5) is 17.9. The number of aromatic amines is 1. The molecule has 0 saturated heterocycles. The highest BCUT2D eigenvalue weighted by atomic mass is 16.4. The molecule has 0 aliphatic heterocycles. The van der Waals surface area contributed by atoms with E-state index in [1.54, 1.807) is 6.20 Å². The van der Waals surface area contributed by atoms with E-state index in [4.69, 9.17) is 5.11 Å². The molecular weight excluding hydrogens is 228 g/mol. The van der Waals surface area contributed by atoms with E-state index < -0.39 is 5.97 Å². The number of carboxylic acid groups (broad SMARTS) is 1. The molecule has 18 heavy (non-hydrogen) atoms. The zero-order valence-corrected chi connectivity index (χ0v) is 10.5. The molecular formula is C14H16N2O2. The summed E-state index contributed by atoms with van der Waals surface area (Å²) in [6, 6.07) is 6.23. The second-order valence-corrected chi connectivity index (χ2v) is 4.46. The molecule has 1 aromatic heterocycles. The number of H-pyrrole nitrogens is 1. The number of aliphatic carboxylic acids is 1. The molecule has 0 amide bonds. The molecule has 1 aromatic carbocycles. The minimum Gasteiger partial charge on any atom is -0.481 e. The lowest BCUT2D eigenvalue weighted by Crippen LogP contribution is -1.98. The number of nitrogens with one attached hydrogen (secondary N) is 1. The number of imidazole rings is 1. The molecule has 0 radical (unpaired) electrons. The summed E-state index contributed by atoms with van der Waals surface area (Å²) in [5.74, 6) is -0.0909. The second kappa shape index (κ2) is 5.04. The van der Waals surface area contributed by atoms with Gasteiger partial charge in [-0.2, -0.15) is 0 Å². The molecule has 4 heteroatoms. The van der Waals surface area contributed by atoms with Crippen LogP contribution in [0.25, 0.3) is 11.3 Å². The Labute approximate surface area is 106 Å². The van der Waals surface area contributed by atoms with Crippen molar-refractivity contribution in [3.8, 4) is 11.3 Å². The van der Waals surface area contributed by atoms with Crippen molar-refractivity contribution in [3.63, 3.8) is 0 Å². The van der Waals surface area contributed by atoms with Crippen molar-refractivity contribution in [2.24, 2.45) is 0 Å². The summed E-state index contributed by atoms with van der Waals surface area (Å²) in [6.45, 7) is 4.11. The zero-order valence-electron chi connectivity index (χ0n) is 10.5. The third-order valence-electron chi connectivity index (χ3n) is 2.88. The number of aromatic nitrogens is 2. The molecule has 0 saturated carbocycles. The Morgan fingerprint density at radius 3 is 2.83 bits per heavy atom. The molecule has 2 N–H and O–H groups in total. The number of rotatable bonds is 4. The van der Waals surface area contributed by atoms with E-state index >= 15 is 0 Å². The first-order chi connectivity index (χ1) is 8.56. The fourth-order valence-electron chi connectivity index (χ4n) is 1.97. The van der Waals surface area contributed by atoms with Crippen molar-refractivity contribution >= 4 is 5.97 Å². The van der Waals surface area contributed by atoms with Crippen molar-refractivity contribution in [3.05, 3.63) is 41.3 Å². The fraction of sp³-hybridized carbons (Fsp3) is 0.286. The van der Waals surface area contributed by atoms with Gasteiger partial charge in [0, 0.05) is 12.0 Å². The molecule has 0 aliphatic rings. The highest BCUT2D eigenvalue weighted by Crippen LogP contribution is 2.22. The summed E-state index contributed by atoms with van der Waals surface area (Å²) in [7, 11) is 0. The smallest absolute Gasteiger partial charge is 0.303 e. The van der Waals surface area contributed by atoms with Gasteiger partial charge in [0.25, 0.3) is 0 Å². The minimum atomic E-state index is -0.806. The molecule has 0 bridgehead atoms. The van der Waals surface area contributed by atoms with E-state index in [1.165, 1.54) is 11.1 Å². The van der Waals surface area contributed by atoms with Gasteiger partial charge < -0.3 is 10.1 Å². The normalized spacial score (nSPS) is 10.6. The van der Waals surface area contributed by atoms with Crippen LogP contribution in [-0.2, 0) is 11.2 Å². The van der Waals surface area contributed by atoms with Crippen LogP contribution >= 0.6 is 0 Å². The van der Waals surface area contributed by atoms with E-state index in [1.807, 2.05) is 0 Å². The van der Waals surface area contributed by atoms with Gasteiger partial charge in [-0.25, -0.2) is 4.98 Å². The maximum Gasteiger partial charge on any atom is 0.303 e. The van der Waals surface area contributed by atoms with Crippen molar-refractivity contribution in [2.75, 3.05) is 0 Å². The molecule has 2 rings (SSSR count). The number of carbonyl (C=O) groups is 1. The van der Waals surface area contributed by atoms with Crippen LogP contribution in [0.4, 0.5) is 0 Å². The predicted molar refractivity (Wildman–Crippen MR) is 69.5 cm³/mol. The predicted octanol–water partition coefficient (Wildman–Crippen LogP) is 2.71. The Kier molecular flexibility index (Phi) is 3.46. The van der Waals surface area contributed by atoms with Crippen molar-refractivity contribution in [1.82, 2.24) is 9.97 Å². The van der Waals surface area contributed by atoms with Crippen molar-refractivity contribution < 1.29 is 9.90 Å². The standard InChI is InChI=1S/C14H16N2O2/c1-9-3-4-11(10(2)7-9)12-8-15-13(16-12)5-6-14(17)18/h3-4,7-8H,5-6H2,1-2H3,(H,15,16)(H,17,18). The van der Waals surface area contributed by atoms with Gasteiger partial charge in [0.1, 0.15) is 5.82 Å². The van der Waals surface area contributed by atoms with Gasteiger partial charge in [-0.3, -0.25) is 4.79 Å². The van der Waals surface area contributed by atoms with Gasteiger partial charge in [-0.15, -0.1) is 0 Å². The van der Waals surface area contributed by atoms with E-state index in [-0.39, 0.29) is 6.42 Å². The number of hydrogen-bond donors (Lipinski definition) is 2. The topological polar surface area (TPSA) is 66.0 Å². The molecule has 2 aromatic rings. The van der Waals surface area contributed by atoms with Crippen LogP contribution in [0, 0.1) is 13.8 Å². The van der Waals surface area contributed by atoms with Crippen LogP contribution in [0.5, 0.6) is 0 Å². The largest absolute Gasteiger partial charge is 0.481 e. The molecule has 0 atom stereocenters. The first-order valence-electron chi connectivity index (χ1n) is 5.89. The fourth-order valence-corrected chi connectivity index (χ4v) is 1.97. The number of benzene rings is 1. The maximum absolute atomic E-state index is 10.5. The molecule has 4 nitrogen and oxygen atoms in total. The van der Waals surface area contributed by atoms with Crippen LogP contribution in [0.1, 0.15) is 23.4 Å². The van der Waals surface area contributed by atoms with E-state index in [9.17, 15) is 4.79 Å². The Morgan fingerprint density at radius 2 is 2.17 bits per heavy atom. The maximum atomic E-state index is 10.5. The Balaban J connectivity index is 2.21. The summed E-state index contributed by atoms with van der Waals surface area (Å²) in [5, 5.41) is 8.63. The Morgan fingerprint density at radius 1 is 1.39 bits per heavy atom. The molecule has 0 aliphatic carbocycles. The SMILES string of the molecule is Cc1ccc(-c2cnc(CCC(=O)O)[nH]2)c(C)c1. The lowest BCUT2D eigenvalue weighted by atomic mass is 10.0.